The highest BCUT2D eigenvalue weighted by atomic mass is 32.1. The average molecular weight is 156 g/mol. The Morgan fingerprint density at radius 2 is 2.20 bits per heavy atom. The van der Waals surface area contributed by atoms with E-state index in [2.05, 4.69) is 34.3 Å². The van der Waals surface area contributed by atoms with Crippen molar-refractivity contribution in [3.8, 4) is 0 Å². The fraction of sp³-hybridized carbons (Fsp3) is 1.00. The Kier molecular flexibility index (Phi) is 2.39. The van der Waals surface area contributed by atoms with Gasteiger partial charge in [-0.15, -0.1) is 0 Å². The molecule has 2 atom stereocenters. The van der Waals surface area contributed by atoms with Gasteiger partial charge in [0.25, 0.3) is 0 Å². The van der Waals surface area contributed by atoms with Crippen LogP contribution in [-0.2, 0) is 0 Å². The molecule has 1 aliphatic carbocycles. The predicted octanol–water partition coefficient (Wildman–Crippen LogP) is 1.70. The molecular weight excluding hydrogens is 139 g/mol. The molecule has 1 saturated carbocycles. The molecule has 1 fully saturated rings. The van der Waals surface area contributed by atoms with E-state index in [1.54, 1.807) is 0 Å². The number of hydrogen-bond acceptors (Lipinski definition) is 1. The van der Waals surface area contributed by atoms with Crippen LogP contribution < -0.4 is 0 Å². The summed E-state index contributed by atoms with van der Waals surface area (Å²) in [5, 5.41) is 0. The van der Waals surface area contributed by atoms with Crippen molar-refractivity contribution < 1.29 is 0 Å². The zero-order valence-electron chi connectivity index (χ0n) is 7.22. The van der Waals surface area contributed by atoms with Gasteiger partial charge in [-0.2, -0.15) is 12.6 Å². The summed E-state index contributed by atoms with van der Waals surface area (Å²) < 4.78 is 0.342. The second-order valence-corrected chi connectivity index (χ2v) is 5.32. The maximum atomic E-state index is 4.60. The van der Waals surface area contributed by atoms with Gasteiger partial charge in [0.1, 0.15) is 7.85 Å². The van der Waals surface area contributed by atoms with Gasteiger partial charge >= 0.3 is 0 Å². The van der Waals surface area contributed by atoms with Crippen molar-refractivity contribution in [1.29, 1.82) is 0 Å². The second-order valence-electron chi connectivity index (χ2n) is 4.24. The minimum Gasteiger partial charge on any atom is -0.182 e. The lowest BCUT2D eigenvalue weighted by Crippen LogP contribution is -2.17. The summed E-state index contributed by atoms with van der Waals surface area (Å²) in [6.45, 7) is 4.64. The summed E-state index contributed by atoms with van der Waals surface area (Å²) in [5.41, 5.74) is 0. The fourth-order valence-corrected chi connectivity index (χ4v) is 2.20. The van der Waals surface area contributed by atoms with Crippen molar-refractivity contribution in [1.82, 2.24) is 0 Å². The summed E-state index contributed by atoms with van der Waals surface area (Å²) in [4.78, 5) is 0. The van der Waals surface area contributed by atoms with Crippen LogP contribution in [0.2, 0.25) is 0 Å². The number of rotatable bonds is 1. The first-order chi connectivity index (χ1) is 4.51. The number of thiol groups is 1. The Hall–Kier alpha value is 0.415. The van der Waals surface area contributed by atoms with Crippen molar-refractivity contribution >= 4 is 20.5 Å². The maximum Gasteiger partial charge on any atom is 0.122 e. The fourth-order valence-electron chi connectivity index (χ4n) is 1.83. The smallest absolute Gasteiger partial charge is 0.122 e. The summed E-state index contributed by atoms with van der Waals surface area (Å²) in [6.07, 6.45) is 4.00. The topological polar surface area (TPSA) is 0 Å². The van der Waals surface area contributed by atoms with Crippen LogP contribution in [0.3, 0.4) is 0 Å². The zero-order valence-corrected chi connectivity index (χ0v) is 8.12. The van der Waals surface area contributed by atoms with E-state index in [0.717, 1.165) is 11.8 Å². The number of hydrogen-bond donors (Lipinski definition) is 1. The van der Waals surface area contributed by atoms with Gasteiger partial charge < -0.3 is 0 Å². The first-order valence-electron chi connectivity index (χ1n) is 4.24. The van der Waals surface area contributed by atoms with Crippen LogP contribution in [0.25, 0.3) is 0 Å². The highest BCUT2D eigenvalue weighted by Crippen LogP contribution is 2.40. The predicted molar refractivity (Wildman–Crippen MR) is 52.4 cm³/mol. The molecule has 10 heavy (non-hydrogen) atoms. The van der Waals surface area contributed by atoms with Gasteiger partial charge in [-0.3, -0.25) is 0 Å². The highest BCUT2D eigenvalue weighted by Gasteiger charge is 2.32. The van der Waals surface area contributed by atoms with E-state index < -0.39 is 0 Å². The molecule has 58 valence electrons. The lowest BCUT2D eigenvalue weighted by Gasteiger charge is -2.18. The molecule has 0 amide bonds. The van der Waals surface area contributed by atoms with E-state index in [4.69, 9.17) is 0 Å². The highest BCUT2D eigenvalue weighted by molar-refractivity contribution is 7.83. The van der Waals surface area contributed by atoms with E-state index in [0.29, 0.717) is 4.65 Å². The van der Waals surface area contributed by atoms with E-state index in [9.17, 15) is 0 Å². The first-order valence-corrected chi connectivity index (χ1v) is 4.68. The molecule has 0 N–H and O–H groups in total. The van der Waals surface area contributed by atoms with Crippen molar-refractivity contribution in [2.24, 2.45) is 11.8 Å². The van der Waals surface area contributed by atoms with Crippen molar-refractivity contribution in [2.45, 2.75) is 37.8 Å². The zero-order chi connectivity index (χ0) is 7.78. The molecule has 0 radical (unpaired) electrons. The average Bonchev–Trinajstić information content (AvgIpc) is 2.10. The van der Waals surface area contributed by atoms with Gasteiger partial charge in [0.15, 0.2) is 0 Å². The summed E-state index contributed by atoms with van der Waals surface area (Å²) in [5.74, 6) is 1.79. The Bertz CT molecular complexity index is 120. The lowest BCUT2D eigenvalue weighted by atomic mass is 9.82. The quantitative estimate of drug-likeness (QED) is 0.433. The Morgan fingerprint density at radius 1 is 1.60 bits per heavy atom. The van der Waals surface area contributed by atoms with Crippen LogP contribution in [0.5, 0.6) is 0 Å². The Balaban J connectivity index is 2.43. The van der Waals surface area contributed by atoms with Crippen LogP contribution in [-0.4, -0.2) is 12.5 Å². The molecule has 0 nitrogen and oxygen atoms in total. The SMILES string of the molecule is BC1(S)CCC(C(C)C)C1. The van der Waals surface area contributed by atoms with Gasteiger partial charge in [0.05, 0.1) is 0 Å². The van der Waals surface area contributed by atoms with Gasteiger partial charge in [0, 0.05) is 0 Å². The molecule has 1 aliphatic rings. The maximum absolute atomic E-state index is 4.60. The van der Waals surface area contributed by atoms with E-state index in [1.165, 1.54) is 19.3 Å². The summed E-state index contributed by atoms with van der Waals surface area (Å²) >= 11 is 4.60. The Labute approximate surface area is 70.6 Å². The molecule has 0 aromatic rings. The molecule has 0 aliphatic heterocycles. The van der Waals surface area contributed by atoms with Crippen LogP contribution in [0.1, 0.15) is 33.1 Å². The van der Waals surface area contributed by atoms with Gasteiger partial charge in [-0.1, -0.05) is 13.8 Å². The molecule has 2 heteroatoms. The van der Waals surface area contributed by atoms with Crippen molar-refractivity contribution in [3.05, 3.63) is 0 Å². The molecule has 1 rings (SSSR count). The van der Waals surface area contributed by atoms with E-state index in [1.807, 2.05) is 0 Å². The van der Waals surface area contributed by atoms with Crippen LogP contribution in [0, 0.1) is 11.8 Å². The lowest BCUT2D eigenvalue weighted by molar-refractivity contribution is 0.395. The van der Waals surface area contributed by atoms with Crippen molar-refractivity contribution in [3.63, 3.8) is 0 Å². The van der Waals surface area contributed by atoms with Gasteiger partial charge in [-0.05, 0) is 35.7 Å². The van der Waals surface area contributed by atoms with Crippen molar-refractivity contribution in [2.75, 3.05) is 0 Å². The molecule has 0 aromatic heterocycles. The Morgan fingerprint density at radius 3 is 2.40 bits per heavy atom. The molecule has 0 heterocycles. The third-order valence-electron chi connectivity index (χ3n) is 2.70. The molecule has 0 bridgehead atoms. The molecular formula is C8H17BS. The normalized spacial score (nSPS) is 41.0. The van der Waals surface area contributed by atoms with Crippen LogP contribution >= 0.6 is 12.6 Å². The van der Waals surface area contributed by atoms with E-state index in [-0.39, 0.29) is 0 Å². The standard InChI is InChI=1S/C8H17BS/c1-6(2)7-3-4-8(9,10)5-7/h6-7,10H,3-5,9H2,1-2H3. The van der Waals surface area contributed by atoms with Crippen LogP contribution in [0.4, 0.5) is 0 Å². The largest absolute Gasteiger partial charge is 0.182 e. The molecule has 0 spiro atoms. The van der Waals surface area contributed by atoms with Gasteiger partial charge in [-0.25, -0.2) is 0 Å². The first kappa shape index (κ1) is 8.51. The van der Waals surface area contributed by atoms with Gasteiger partial charge in [0.2, 0.25) is 0 Å². The molecule has 2 unspecified atom stereocenters. The summed E-state index contributed by atoms with van der Waals surface area (Å²) in [7, 11) is 2.26. The van der Waals surface area contributed by atoms with Crippen LogP contribution in [0.15, 0.2) is 0 Å². The summed E-state index contributed by atoms with van der Waals surface area (Å²) in [6, 6.07) is 0. The minimum atomic E-state index is 0.342. The second kappa shape index (κ2) is 2.81. The molecule has 0 saturated heterocycles. The van der Waals surface area contributed by atoms with E-state index >= 15 is 0 Å². The third kappa shape index (κ3) is 1.95. The molecule has 0 aromatic carbocycles. The third-order valence-corrected chi connectivity index (χ3v) is 3.10. The monoisotopic (exact) mass is 156 g/mol. The minimum absolute atomic E-state index is 0.342.